The van der Waals surface area contributed by atoms with Gasteiger partial charge in [-0.1, -0.05) is 28.8 Å². The van der Waals surface area contributed by atoms with E-state index in [1.807, 2.05) is 0 Å². The Morgan fingerprint density at radius 3 is 2.37 bits per heavy atom. The van der Waals surface area contributed by atoms with Gasteiger partial charge in [-0.25, -0.2) is 9.97 Å². The first-order chi connectivity index (χ1) is 9.01. The second-order valence-electron chi connectivity index (χ2n) is 4.41. The van der Waals surface area contributed by atoms with Gasteiger partial charge in [-0.05, 0) is 48.6 Å². The van der Waals surface area contributed by atoms with E-state index >= 15 is 0 Å². The highest BCUT2D eigenvalue weighted by molar-refractivity contribution is 14.1. The lowest BCUT2D eigenvalue weighted by atomic mass is 10.1. The third kappa shape index (κ3) is 3.43. The number of ether oxygens (including phenoxy) is 1. The van der Waals surface area contributed by atoms with Gasteiger partial charge in [0.15, 0.2) is 5.82 Å². The van der Waals surface area contributed by atoms with Gasteiger partial charge < -0.3 is 4.74 Å². The number of halogens is 2. The Hall–Kier alpha value is -0.720. The lowest BCUT2D eigenvalue weighted by molar-refractivity contribution is 0.181. The van der Waals surface area contributed by atoms with Crippen LogP contribution < -0.4 is 0 Å². The van der Waals surface area contributed by atoms with Gasteiger partial charge in [0.25, 0.3) is 0 Å². The van der Waals surface area contributed by atoms with Crippen LogP contribution in [-0.2, 0) is 11.3 Å². The van der Waals surface area contributed by atoms with Crippen LogP contribution in [-0.4, -0.2) is 17.1 Å². The van der Waals surface area contributed by atoms with E-state index in [0.29, 0.717) is 17.6 Å². The van der Waals surface area contributed by atoms with E-state index in [9.17, 15) is 0 Å². The standard InChI is InChI=1S/C14H14ClIN2O/c1-8-4-9(2)6-10(5-8)14-17-11(7-19-3)12(16)13(15)18-14/h4-6H,7H2,1-3H3. The van der Waals surface area contributed by atoms with Gasteiger partial charge in [-0.2, -0.15) is 0 Å². The molecule has 0 aliphatic rings. The van der Waals surface area contributed by atoms with Crippen molar-refractivity contribution in [2.45, 2.75) is 20.5 Å². The zero-order chi connectivity index (χ0) is 14.0. The Morgan fingerprint density at radius 1 is 1.16 bits per heavy atom. The fraction of sp³-hybridized carbons (Fsp3) is 0.286. The van der Waals surface area contributed by atoms with Crippen molar-refractivity contribution in [3.8, 4) is 11.4 Å². The van der Waals surface area contributed by atoms with Crippen LogP contribution in [0, 0.1) is 17.4 Å². The molecule has 0 radical (unpaired) electrons. The molecule has 0 aliphatic heterocycles. The Bertz CT molecular complexity index is 596. The van der Waals surface area contributed by atoms with Crippen LogP contribution in [0.5, 0.6) is 0 Å². The number of hydrogen-bond donors (Lipinski definition) is 0. The molecular formula is C14H14ClIN2O. The maximum atomic E-state index is 6.17. The zero-order valence-electron chi connectivity index (χ0n) is 11.0. The predicted octanol–water partition coefficient (Wildman–Crippen LogP) is 4.16. The van der Waals surface area contributed by atoms with E-state index in [0.717, 1.165) is 14.8 Å². The SMILES string of the molecule is COCc1nc(-c2cc(C)cc(C)c2)nc(Cl)c1I. The highest BCUT2D eigenvalue weighted by Crippen LogP contribution is 2.25. The molecule has 0 saturated heterocycles. The molecule has 19 heavy (non-hydrogen) atoms. The summed E-state index contributed by atoms with van der Waals surface area (Å²) in [5.74, 6) is 0.643. The first-order valence-electron chi connectivity index (χ1n) is 5.80. The number of nitrogens with zero attached hydrogens (tertiary/aromatic N) is 2. The summed E-state index contributed by atoms with van der Waals surface area (Å²) < 4.78 is 5.99. The van der Waals surface area contributed by atoms with Crippen LogP contribution >= 0.6 is 34.2 Å². The summed E-state index contributed by atoms with van der Waals surface area (Å²) in [6.07, 6.45) is 0. The van der Waals surface area contributed by atoms with Gasteiger partial charge in [-0.3, -0.25) is 0 Å². The number of rotatable bonds is 3. The van der Waals surface area contributed by atoms with Crippen molar-refractivity contribution in [2.75, 3.05) is 7.11 Å². The predicted molar refractivity (Wildman–Crippen MR) is 85.4 cm³/mol. The lowest BCUT2D eigenvalue weighted by Crippen LogP contribution is -2.02. The Balaban J connectivity index is 2.55. The molecule has 100 valence electrons. The van der Waals surface area contributed by atoms with E-state index in [-0.39, 0.29) is 0 Å². The van der Waals surface area contributed by atoms with Crippen LogP contribution in [0.15, 0.2) is 18.2 Å². The normalized spacial score (nSPS) is 10.8. The largest absolute Gasteiger partial charge is 0.378 e. The fourth-order valence-electron chi connectivity index (χ4n) is 1.93. The van der Waals surface area contributed by atoms with Crippen molar-refractivity contribution in [1.82, 2.24) is 9.97 Å². The number of aryl methyl sites for hydroxylation is 2. The summed E-state index contributed by atoms with van der Waals surface area (Å²) in [5, 5.41) is 0.469. The van der Waals surface area contributed by atoms with Crippen molar-refractivity contribution >= 4 is 34.2 Å². The van der Waals surface area contributed by atoms with Gasteiger partial charge in [0.05, 0.1) is 15.9 Å². The molecule has 5 heteroatoms. The van der Waals surface area contributed by atoms with Gasteiger partial charge in [-0.15, -0.1) is 0 Å². The molecule has 0 unspecified atom stereocenters. The third-order valence-corrected chi connectivity index (χ3v) is 4.37. The van der Waals surface area contributed by atoms with Gasteiger partial charge in [0, 0.05) is 12.7 Å². The highest BCUT2D eigenvalue weighted by atomic mass is 127. The number of methoxy groups -OCH3 is 1. The molecule has 3 nitrogen and oxygen atoms in total. The molecule has 0 aliphatic carbocycles. The van der Waals surface area contributed by atoms with Gasteiger partial charge in [0.1, 0.15) is 5.15 Å². The van der Waals surface area contributed by atoms with E-state index in [1.54, 1.807) is 7.11 Å². The van der Waals surface area contributed by atoms with Crippen molar-refractivity contribution in [3.63, 3.8) is 0 Å². The molecule has 2 rings (SSSR count). The van der Waals surface area contributed by atoms with Crippen LogP contribution in [0.2, 0.25) is 5.15 Å². The smallest absolute Gasteiger partial charge is 0.161 e. The molecule has 0 N–H and O–H groups in total. The van der Waals surface area contributed by atoms with Crippen molar-refractivity contribution in [3.05, 3.63) is 43.7 Å². The monoisotopic (exact) mass is 388 g/mol. The average Bonchev–Trinajstić information content (AvgIpc) is 2.33. The summed E-state index contributed by atoms with van der Waals surface area (Å²) in [5.41, 5.74) is 4.16. The Morgan fingerprint density at radius 2 is 1.79 bits per heavy atom. The van der Waals surface area contributed by atoms with Crippen LogP contribution in [0.1, 0.15) is 16.8 Å². The molecule has 0 saturated carbocycles. The molecule has 0 bridgehead atoms. The first kappa shape index (κ1) is 14.7. The summed E-state index contributed by atoms with van der Waals surface area (Å²) in [6.45, 7) is 4.54. The third-order valence-electron chi connectivity index (χ3n) is 2.64. The second-order valence-corrected chi connectivity index (χ2v) is 5.84. The molecule has 1 heterocycles. The Kier molecular flexibility index (Phi) is 4.76. The molecule has 1 aromatic heterocycles. The van der Waals surface area contributed by atoms with Crippen LogP contribution in [0.3, 0.4) is 0 Å². The highest BCUT2D eigenvalue weighted by Gasteiger charge is 2.12. The first-order valence-corrected chi connectivity index (χ1v) is 7.26. The van der Waals surface area contributed by atoms with Crippen molar-refractivity contribution in [1.29, 1.82) is 0 Å². The molecule has 0 atom stereocenters. The minimum Gasteiger partial charge on any atom is -0.378 e. The van der Waals surface area contributed by atoms with E-state index < -0.39 is 0 Å². The topological polar surface area (TPSA) is 35.0 Å². The Labute approximate surface area is 131 Å². The van der Waals surface area contributed by atoms with Crippen LogP contribution in [0.4, 0.5) is 0 Å². The lowest BCUT2D eigenvalue weighted by Gasteiger charge is -2.09. The molecular weight excluding hydrogens is 375 g/mol. The van der Waals surface area contributed by atoms with Gasteiger partial charge in [0.2, 0.25) is 0 Å². The molecule has 0 fully saturated rings. The quantitative estimate of drug-likeness (QED) is 0.585. The molecule has 1 aromatic carbocycles. The van der Waals surface area contributed by atoms with E-state index in [1.165, 1.54) is 11.1 Å². The van der Waals surface area contributed by atoms with Gasteiger partial charge >= 0.3 is 0 Å². The maximum absolute atomic E-state index is 6.17. The maximum Gasteiger partial charge on any atom is 0.161 e. The average molecular weight is 389 g/mol. The summed E-state index contributed by atoms with van der Waals surface area (Å²) >= 11 is 8.31. The molecule has 0 spiro atoms. The van der Waals surface area contributed by atoms with E-state index in [2.05, 4.69) is 64.6 Å². The molecule has 2 aromatic rings. The molecule has 0 amide bonds. The van der Waals surface area contributed by atoms with Crippen molar-refractivity contribution in [2.24, 2.45) is 0 Å². The van der Waals surface area contributed by atoms with E-state index in [4.69, 9.17) is 16.3 Å². The summed E-state index contributed by atoms with van der Waals surface area (Å²) in [7, 11) is 1.64. The number of hydrogen-bond acceptors (Lipinski definition) is 3. The number of aromatic nitrogens is 2. The minimum atomic E-state index is 0.429. The van der Waals surface area contributed by atoms with Crippen LogP contribution in [0.25, 0.3) is 11.4 Å². The second kappa shape index (κ2) is 6.15. The summed E-state index contributed by atoms with van der Waals surface area (Å²) in [6, 6.07) is 6.23. The zero-order valence-corrected chi connectivity index (χ0v) is 13.9. The van der Waals surface area contributed by atoms with Crippen molar-refractivity contribution < 1.29 is 4.74 Å². The minimum absolute atomic E-state index is 0.429. The number of benzene rings is 1. The fourth-order valence-corrected chi connectivity index (χ4v) is 2.51. The summed E-state index contributed by atoms with van der Waals surface area (Å²) in [4.78, 5) is 8.91.